The van der Waals surface area contributed by atoms with Gasteiger partial charge in [-0.15, -0.1) is 0 Å². The van der Waals surface area contributed by atoms with E-state index in [-0.39, 0.29) is 11.4 Å². The van der Waals surface area contributed by atoms with Gasteiger partial charge in [0.2, 0.25) is 0 Å². The predicted octanol–water partition coefficient (Wildman–Crippen LogP) is 4.32. The minimum atomic E-state index is 0.0237. The van der Waals surface area contributed by atoms with Crippen molar-refractivity contribution in [1.82, 2.24) is 9.88 Å². The first-order chi connectivity index (χ1) is 13.2. The Kier molecular flexibility index (Phi) is 4.10. The summed E-state index contributed by atoms with van der Waals surface area (Å²) >= 11 is 0. The number of carbonyl (C=O) groups is 2. The Hall–Kier alpha value is -2.10. The first-order valence-electron chi connectivity index (χ1n) is 10.5. The van der Waals surface area contributed by atoms with Crippen molar-refractivity contribution in [2.24, 2.45) is 17.8 Å². The molecule has 2 aromatic rings. The zero-order valence-electron chi connectivity index (χ0n) is 15.8. The van der Waals surface area contributed by atoms with E-state index in [4.69, 9.17) is 0 Å². The Balaban J connectivity index is 1.43. The van der Waals surface area contributed by atoms with E-state index >= 15 is 0 Å². The molecule has 4 heteroatoms. The van der Waals surface area contributed by atoms with Crippen LogP contribution in [-0.2, 0) is 11.3 Å². The van der Waals surface area contributed by atoms with Gasteiger partial charge in [-0.2, -0.15) is 0 Å². The van der Waals surface area contributed by atoms with Gasteiger partial charge in [-0.3, -0.25) is 4.79 Å². The molecule has 0 aliphatic heterocycles. The van der Waals surface area contributed by atoms with Crippen molar-refractivity contribution in [3.8, 4) is 0 Å². The zero-order chi connectivity index (χ0) is 18.4. The molecular formula is C23H28N2O2. The van der Waals surface area contributed by atoms with Crippen LogP contribution in [0.5, 0.6) is 0 Å². The molecular weight excluding hydrogens is 336 g/mol. The quantitative estimate of drug-likeness (QED) is 0.613. The minimum Gasteiger partial charge on any atom is -0.345 e. The number of aromatic nitrogens is 1. The lowest BCUT2D eigenvalue weighted by Crippen LogP contribution is -2.60. The second-order valence-electron chi connectivity index (χ2n) is 9.20. The van der Waals surface area contributed by atoms with Crippen LogP contribution in [0.3, 0.4) is 0 Å². The third kappa shape index (κ3) is 2.99. The number of benzene rings is 1. The monoisotopic (exact) mass is 364 g/mol. The number of hydrogen-bond acceptors (Lipinski definition) is 2. The molecule has 4 aliphatic carbocycles. The number of nitrogens with zero attached hydrogens (tertiary/aromatic N) is 1. The molecule has 1 aromatic carbocycles. The summed E-state index contributed by atoms with van der Waals surface area (Å²) in [6.45, 7) is 0.704. The van der Waals surface area contributed by atoms with E-state index in [0.717, 1.165) is 66.3 Å². The van der Waals surface area contributed by atoms with E-state index in [1.165, 1.54) is 19.3 Å². The van der Waals surface area contributed by atoms with E-state index in [1.54, 1.807) is 0 Å². The van der Waals surface area contributed by atoms with Crippen molar-refractivity contribution in [2.45, 2.75) is 63.5 Å². The Morgan fingerprint density at radius 2 is 1.78 bits per heavy atom. The molecule has 0 radical (unpaired) electrons. The van der Waals surface area contributed by atoms with Gasteiger partial charge >= 0.3 is 0 Å². The van der Waals surface area contributed by atoms with E-state index in [0.29, 0.717) is 13.0 Å². The SMILES string of the molecule is O=CCCCn1c(C(=O)NC23CC4CC(CC(C4)C2)C3)cc2ccccc21. The molecule has 4 saturated carbocycles. The third-order valence-corrected chi connectivity index (χ3v) is 7.16. The number of para-hydroxylation sites is 1. The van der Waals surface area contributed by atoms with Crippen molar-refractivity contribution in [1.29, 1.82) is 0 Å². The van der Waals surface area contributed by atoms with Crippen molar-refractivity contribution >= 4 is 23.1 Å². The Morgan fingerprint density at radius 1 is 1.11 bits per heavy atom. The van der Waals surface area contributed by atoms with Gasteiger partial charge in [0.05, 0.1) is 0 Å². The lowest BCUT2D eigenvalue weighted by molar-refractivity contribution is -0.107. The highest BCUT2D eigenvalue weighted by Gasteiger charge is 2.51. The van der Waals surface area contributed by atoms with Gasteiger partial charge in [-0.1, -0.05) is 18.2 Å². The van der Waals surface area contributed by atoms with E-state index in [1.807, 2.05) is 18.2 Å². The number of hydrogen-bond donors (Lipinski definition) is 1. The van der Waals surface area contributed by atoms with Gasteiger partial charge in [0.15, 0.2) is 0 Å². The Morgan fingerprint density at radius 3 is 2.44 bits per heavy atom. The molecule has 0 unspecified atom stereocenters. The van der Waals surface area contributed by atoms with E-state index in [9.17, 15) is 9.59 Å². The summed E-state index contributed by atoms with van der Waals surface area (Å²) in [4.78, 5) is 24.1. The van der Waals surface area contributed by atoms with Crippen LogP contribution in [0.2, 0.25) is 0 Å². The largest absolute Gasteiger partial charge is 0.345 e. The maximum Gasteiger partial charge on any atom is 0.268 e. The number of nitrogens with one attached hydrogen (secondary N) is 1. The normalized spacial score (nSPS) is 31.3. The van der Waals surface area contributed by atoms with Gasteiger partial charge in [0.25, 0.3) is 5.91 Å². The van der Waals surface area contributed by atoms with Gasteiger partial charge in [-0.05, 0) is 74.8 Å². The highest BCUT2D eigenvalue weighted by molar-refractivity contribution is 5.99. The van der Waals surface area contributed by atoms with E-state index in [2.05, 4.69) is 22.0 Å². The Bertz CT molecular complexity index is 846. The van der Waals surface area contributed by atoms with Crippen LogP contribution in [0, 0.1) is 17.8 Å². The first-order valence-corrected chi connectivity index (χ1v) is 10.5. The molecule has 1 N–H and O–H groups in total. The number of aldehydes is 1. The van der Waals surface area contributed by atoms with Gasteiger partial charge < -0.3 is 14.7 Å². The lowest BCUT2D eigenvalue weighted by Gasteiger charge is -2.56. The highest BCUT2D eigenvalue weighted by atomic mass is 16.2. The van der Waals surface area contributed by atoms with Gasteiger partial charge in [0, 0.05) is 29.4 Å². The molecule has 0 spiro atoms. The molecule has 142 valence electrons. The number of amides is 1. The molecule has 0 saturated heterocycles. The molecule has 4 aliphatic rings. The average Bonchev–Trinajstić information content (AvgIpc) is 2.99. The number of carbonyl (C=O) groups excluding carboxylic acids is 2. The van der Waals surface area contributed by atoms with Crippen LogP contribution in [0.4, 0.5) is 0 Å². The van der Waals surface area contributed by atoms with Crippen molar-refractivity contribution in [3.05, 3.63) is 36.0 Å². The summed E-state index contributed by atoms with van der Waals surface area (Å²) in [5.74, 6) is 2.51. The fourth-order valence-electron chi connectivity index (χ4n) is 6.54. The van der Waals surface area contributed by atoms with E-state index < -0.39 is 0 Å². The van der Waals surface area contributed by atoms with Crippen LogP contribution in [-0.4, -0.2) is 22.3 Å². The minimum absolute atomic E-state index is 0.0237. The number of rotatable bonds is 6. The standard InChI is InChI=1S/C23H28N2O2/c26-8-4-3-7-25-20-6-2-1-5-19(20)12-21(25)22(27)24-23-13-16-9-17(14-23)11-18(10-16)15-23/h1-2,5-6,8,12,16-18H,3-4,7,9-11,13-15H2,(H,24,27). The second-order valence-corrected chi connectivity index (χ2v) is 9.20. The average molecular weight is 364 g/mol. The summed E-state index contributed by atoms with van der Waals surface area (Å²) in [6, 6.07) is 10.2. The molecule has 27 heavy (non-hydrogen) atoms. The number of aryl methyl sites for hydroxylation is 1. The predicted molar refractivity (Wildman–Crippen MR) is 106 cm³/mol. The summed E-state index contributed by atoms with van der Waals surface area (Å²) in [6.07, 6.45) is 9.87. The molecule has 4 fully saturated rings. The molecule has 6 rings (SSSR count). The number of fused-ring (bicyclic) bond motifs is 1. The third-order valence-electron chi connectivity index (χ3n) is 7.16. The molecule has 0 atom stereocenters. The van der Waals surface area contributed by atoms with Crippen LogP contribution in [0.25, 0.3) is 10.9 Å². The maximum absolute atomic E-state index is 13.4. The van der Waals surface area contributed by atoms with Crippen LogP contribution in [0.15, 0.2) is 30.3 Å². The summed E-state index contributed by atoms with van der Waals surface area (Å²) in [7, 11) is 0. The molecule has 1 aromatic heterocycles. The fraction of sp³-hybridized carbons (Fsp3) is 0.565. The molecule has 1 heterocycles. The first kappa shape index (κ1) is 17.0. The van der Waals surface area contributed by atoms with Crippen molar-refractivity contribution in [2.75, 3.05) is 0 Å². The number of unbranched alkanes of at least 4 members (excludes halogenated alkanes) is 1. The highest BCUT2D eigenvalue weighted by Crippen LogP contribution is 2.55. The van der Waals surface area contributed by atoms with Crippen LogP contribution >= 0.6 is 0 Å². The van der Waals surface area contributed by atoms with Crippen LogP contribution in [0.1, 0.15) is 61.9 Å². The topological polar surface area (TPSA) is 51.1 Å². The van der Waals surface area contributed by atoms with Gasteiger partial charge in [0.1, 0.15) is 12.0 Å². The van der Waals surface area contributed by atoms with Crippen LogP contribution < -0.4 is 5.32 Å². The summed E-state index contributed by atoms with van der Waals surface area (Å²) in [5.41, 5.74) is 1.85. The van der Waals surface area contributed by atoms with Crippen molar-refractivity contribution < 1.29 is 9.59 Å². The Labute approximate surface area is 160 Å². The second kappa shape index (κ2) is 6.50. The lowest BCUT2D eigenvalue weighted by atomic mass is 9.53. The molecule has 4 bridgehead atoms. The maximum atomic E-state index is 13.4. The summed E-state index contributed by atoms with van der Waals surface area (Å²) in [5, 5.41) is 4.60. The fourth-order valence-corrected chi connectivity index (χ4v) is 6.54. The molecule has 4 nitrogen and oxygen atoms in total. The summed E-state index contributed by atoms with van der Waals surface area (Å²) < 4.78 is 2.11. The zero-order valence-corrected chi connectivity index (χ0v) is 15.8. The van der Waals surface area contributed by atoms with Crippen molar-refractivity contribution in [3.63, 3.8) is 0 Å². The van der Waals surface area contributed by atoms with Gasteiger partial charge in [-0.25, -0.2) is 0 Å². The molecule has 1 amide bonds. The smallest absolute Gasteiger partial charge is 0.268 e.